The summed E-state index contributed by atoms with van der Waals surface area (Å²) < 4.78 is 16.8. The Balaban J connectivity index is 1.95. The van der Waals surface area contributed by atoms with Gasteiger partial charge in [-0.1, -0.05) is 38.1 Å². The van der Waals surface area contributed by atoms with Crippen LogP contribution in [0.4, 0.5) is 0 Å². The Kier molecular flexibility index (Phi) is 3.48. The van der Waals surface area contributed by atoms with Crippen LogP contribution in [0.5, 0.6) is 0 Å². The Morgan fingerprint density at radius 3 is 2.50 bits per heavy atom. The first-order valence-electron chi connectivity index (χ1n) is 10.1. The number of benzene rings is 2. The second-order valence-corrected chi connectivity index (χ2v) is 7.62. The molecule has 5 aromatic rings. The predicted molar refractivity (Wildman–Crippen MR) is 114 cm³/mol. The second kappa shape index (κ2) is 6.16. The van der Waals surface area contributed by atoms with Crippen molar-refractivity contribution in [1.29, 1.82) is 0 Å². The van der Waals surface area contributed by atoms with E-state index in [0.717, 1.165) is 33.2 Å². The number of aryl methyl sites for hydroxylation is 2. The fourth-order valence-electron chi connectivity index (χ4n) is 4.18. The maximum atomic E-state index is 8.36. The molecule has 0 atom stereocenters. The molecule has 0 fully saturated rings. The largest absolute Gasteiger partial charge is 0.437 e. The normalized spacial score (nSPS) is 12.8. The third-order valence-corrected chi connectivity index (χ3v) is 5.64. The van der Waals surface area contributed by atoms with Gasteiger partial charge in [-0.15, -0.1) is 0 Å². The summed E-state index contributed by atoms with van der Waals surface area (Å²) in [6.45, 7) is 5.97. The van der Waals surface area contributed by atoms with E-state index in [2.05, 4.69) is 52.9 Å². The maximum absolute atomic E-state index is 8.36. The Morgan fingerprint density at radius 1 is 1.00 bits per heavy atom. The molecule has 28 heavy (non-hydrogen) atoms. The third kappa shape index (κ3) is 2.36. The van der Waals surface area contributed by atoms with Crippen LogP contribution in [0.2, 0.25) is 0 Å². The molecule has 2 aromatic carbocycles. The molecule has 0 unspecified atom stereocenters. The molecule has 3 nitrogen and oxygen atoms in total. The molecule has 0 bridgehead atoms. The average molecular weight is 368 g/mol. The van der Waals surface area contributed by atoms with Gasteiger partial charge in [0.25, 0.3) is 0 Å². The topological polar surface area (TPSA) is 29.9 Å². The van der Waals surface area contributed by atoms with Crippen LogP contribution in [0.15, 0.2) is 65.3 Å². The van der Waals surface area contributed by atoms with Gasteiger partial charge in [-0.2, -0.15) is 0 Å². The molecular weight excluding hydrogens is 344 g/mol. The van der Waals surface area contributed by atoms with E-state index < -0.39 is 5.89 Å². The van der Waals surface area contributed by atoms with Crippen molar-refractivity contribution in [2.75, 3.05) is 0 Å². The first kappa shape index (κ1) is 15.8. The number of furan rings is 1. The molecule has 3 heterocycles. The lowest BCUT2D eigenvalue weighted by Gasteiger charge is -2.11. The molecule has 0 radical (unpaired) electrons. The minimum atomic E-state index is -0.646. The van der Waals surface area contributed by atoms with E-state index in [0.29, 0.717) is 5.71 Å². The van der Waals surface area contributed by atoms with Crippen LogP contribution in [-0.4, -0.2) is 4.98 Å². The third-order valence-electron chi connectivity index (χ3n) is 5.64. The molecule has 0 N–H and O–H groups in total. The van der Waals surface area contributed by atoms with E-state index >= 15 is 0 Å². The van der Waals surface area contributed by atoms with Gasteiger partial charge < -0.3 is 4.42 Å². The van der Waals surface area contributed by atoms with Gasteiger partial charge >= 0.3 is 0 Å². The van der Waals surface area contributed by atoms with Crippen LogP contribution in [0.3, 0.4) is 0 Å². The van der Waals surface area contributed by atoms with E-state index in [4.69, 9.17) is 5.79 Å². The van der Waals surface area contributed by atoms with Crippen LogP contribution in [0, 0.1) is 6.92 Å². The molecule has 138 valence electrons. The van der Waals surface area contributed by atoms with E-state index in [1.54, 1.807) is 6.20 Å². The highest BCUT2D eigenvalue weighted by atomic mass is 16.3. The predicted octanol–water partition coefficient (Wildman–Crippen LogP) is 6.06. The van der Waals surface area contributed by atoms with Gasteiger partial charge in [0.05, 0.1) is 5.56 Å². The maximum Gasteiger partial charge on any atom is 0.227 e. The number of rotatable bonds is 2. The summed E-state index contributed by atoms with van der Waals surface area (Å²) in [5.74, 6) is -0.646. The van der Waals surface area contributed by atoms with Gasteiger partial charge in [0.15, 0.2) is 11.8 Å². The molecule has 0 aliphatic rings. The van der Waals surface area contributed by atoms with Gasteiger partial charge in [-0.05, 0) is 47.4 Å². The number of pyridine rings is 2. The highest BCUT2D eigenvalue weighted by Crippen LogP contribution is 2.42. The fourth-order valence-corrected chi connectivity index (χ4v) is 4.18. The Morgan fingerprint density at radius 2 is 1.75 bits per heavy atom. The summed E-state index contributed by atoms with van der Waals surface area (Å²) in [6, 6.07) is 16.7. The van der Waals surface area contributed by atoms with E-state index in [1.165, 1.54) is 16.3 Å². The van der Waals surface area contributed by atoms with Crippen LogP contribution >= 0.6 is 0 Å². The van der Waals surface area contributed by atoms with Crippen LogP contribution in [-0.2, 0) is 7.05 Å². The highest BCUT2D eigenvalue weighted by molar-refractivity contribution is 6.22. The number of hydrogen-bond donors (Lipinski definition) is 0. The zero-order valence-corrected chi connectivity index (χ0v) is 16.6. The Labute approximate surface area is 165 Å². The molecule has 0 aliphatic carbocycles. The average Bonchev–Trinajstić information content (AvgIpc) is 3.07. The van der Waals surface area contributed by atoms with Crippen molar-refractivity contribution in [2.24, 2.45) is 7.05 Å². The molecule has 0 saturated carbocycles. The molecule has 3 heteroatoms. The smallest absolute Gasteiger partial charge is 0.227 e. The zero-order valence-electron chi connectivity index (χ0n) is 17.6. The second-order valence-electron chi connectivity index (χ2n) is 7.62. The van der Waals surface area contributed by atoms with Crippen molar-refractivity contribution in [1.82, 2.24) is 4.98 Å². The lowest BCUT2D eigenvalue weighted by molar-refractivity contribution is -0.660. The van der Waals surface area contributed by atoms with Gasteiger partial charge in [0.1, 0.15) is 7.05 Å². The van der Waals surface area contributed by atoms with E-state index in [-0.39, 0.29) is 0 Å². The van der Waals surface area contributed by atoms with Crippen LogP contribution in [0.25, 0.3) is 44.1 Å². The summed E-state index contributed by atoms with van der Waals surface area (Å²) in [5, 5.41) is 4.54. The van der Waals surface area contributed by atoms with Crippen molar-refractivity contribution in [3.05, 3.63) is 72.1 Å². The van der Waals surface area contributed by atoms with Crippen molar-refractivity contribution in [3.63, 3.8) is 0 Å². The van der Waals surface area contributed by atoms with Crippen molar-refractivity contribution >= 4 is 32.8 Å². The lowest BCUT2D eigenvalue weighted by Crippen LogP contribution is -2.31. The molecule has 3 aromatic heterocycles. The first-order chi connectivity index (χ1) is 13.9. The number of aromatic nitrogens is 2. The van der Waals surface area contributed by atoms with Gasteiger partial charge in [0, 0.05) is 30.0 Å². The summed E-state index contributed by atoms with van der Waals surface area (Å²) >= 11 is 0. The first-order valence-corrected chi connectivity index (χ1v) is 9.55. The van der Waals surface area contributed by atoms with E-state index in [1.807, 2.05) is 39.2 Å². The van der Waals surface area contributed by atoms with Gasteiger partial charge in [-0.3, -0.25) is 0 Å². The monoisotopic (exact) mass is 368 g/mol. The quantitative estimate of drug-likeness (QED) is 0.355. The van der Waals surface area contributed by atoms with Crippen molar-refractivity contribution in [2.45, 2.75) is 26.7 Å². The molecule has 5 rings (SSSR count). The SMILES string of the molecule is [2H]C(C)(C)c1ccc(-c2c(C)c3ccccc3c3c2oc2ncccc23)[n+](C)c1. The number of fused-ring (bicyclic) bond motifs is 5. The summed E-state index contributed by atoms with van der Waals surface area (Å²) in [5.41, 5.74) is 5.82. The van der Waals surface area contributed by atoms with Crippen molar-refractivity contribution in [3.8, 4) is 11.3 Å². The Hall–Kier alpha value is -3.20. The minimum absolute atomic E-state index is 0.646. The van der Waals surface area contributed by atoms with Gasteiger partial charge in [0.2, 0.25) is 11.4 Å². The molecule has 0 saturated heterocycles. The minimum Gasteiger partial charge on any atom is -0.437 e. The molecule has 0 amide bonds. The zero-order chi connectivity index (χ0) is 20.3. The fraction of sp³-hybridized carbons (Fsp3) is 0.200. The van der Waals surface area contributed by atoms with E-state index in [9.17, 15) is 0 Å². The molecule has 0 spiro atoms. The summed E-state index contributed by atoms with van der Waals surface area (Å²) in [6.07, 6.45) is 3.81. The number of nitrogens with zero attached hydrogens (tertiary/aromatic N) is 2. The standard InChI is InChI=1S/C25H23N2O/c1-15(2)17-11-12-21(27(4)14-17)22-16(3)18-8-5-6-9-19(18)23-20-10-7-13-26-25(20)28-24(22)23/h5-15H,1-4H3/q+1/i15D. The highest BCUT2D eigenvalue weighted by Gasteiger charge is 2.24. The number of hydrogen-bond acceptors (Lipinski definition) is 2. The van der Waals surface area contributed by atoms with Gasteiger partial charge in [-0.25, -0.2) is 9.55 Å². The molecule has 0 aliphatic heterocycles. The Bertz CT molecular complexity index is 1410. The van der Waals surface area contributed by atoms with Crippen molar-refractivity contribution < 1.29 is 10.4 Å². The summed E-state index contributed by atoms with van der Waals surface area (Å²) in [7, 11) is 2.03. The van der Waals surface area contributed by atoms with Crippen LogP contribution in [0.1, 0.15) is 32.2 Å². The summed E-state index contributed by atoms with van der Waals surface area (Å²) in [4.78, 5) is 4.46. The lowest BCUT2D eigenvalue weighted by atomic mass is 9.93. The van der Waals surface area contributed by atoms with Crippen LogP contribution < -0.4 is 4.57 Å². The molecular formula is C25H23N2O+.